The summed E-state index contributed by atoms with van der Waals surface area (Å²) in [4.78, 5) is 0. The Labute approximate surface area is 92.7 Å². The van der Waals surface area contributed by atoms with E-state index >= 15 is 0 Å². The smallest absolute Gasteiger partial charge is 0.00446 e. The maximum absolute atomic E-state index is 6.09. The van der Waals surface area contributed by atoms with Crippen molar-refractivity contribution in [2.24, 2.45) is 11.7 Å². The molecule has 0 radical (unpaired) electrons. The van der Waals surface area contributed by atoms with Gasteiger partial charge in [-0.3, -0.25) is 0 Å². The van der Waals surface area contributed by atoms with Gasteiger partial charge in [-0.1, -0.05) is 43.2 Å². The Morgan fingerprint density at radius 2 is 1.80 bits per heavy atom. The molecule has 0 heterocycles. The molecule has 1 nitrogen and oxygen atoms in total. The number of nitrogens with two attached hydrogens (primary N) is 1. The molecule has 0 amide bonds. The van der Waals surface area contributed by atoms with Gasteiger partial charge in [-0.25, -0.2) is 0 Å². The van der Waals surface area contributed by atoms with E-state index in [0.29, 0.717) is 17.9 Å². The predicted molar refractivity (Wildman–Crippen MR) is 64.8 cm³/mol. The third kappa shape index (κ3) is 2.40. The lowest BCUT2D eigenvalue weighted by Gasteiger charge is -2.34. The molecule has 1 heteroatoms. The topological polar surface area (TPSA) is 26.0 Å². The van der Waals surface area contributed by atoms with Crippen LogP contribution in [0.2, 0.25) is 0 Å². The fraction of sp³-hybridized carbons (Fsp3) is 0.571. The van der Waals surface area contributed by atoms with Gasteiger partial charge in [-0.15, -0.1) is 0 Å². The number of benzene rings is 1. The first-order valence-corrected chi connectivity index (χ1v) is 6.09. The van der Waals surface area contributed by atoms with Crippen molar-refractivity contribution in [3.05, 3.63) is 35.9 Å². The maximum Gasteiger partial charge on any atom is 0.00446 e. The summed E-state index contributed by atoms with van der Waals surface area (Å²) in [5.74, 6) is 1.38. The van der Waals surface area contributed by atoms with E-state index in [1.165, 1.54) is 31.2 Å². The molecule has 2 rings (SSSR count). The number of hydrogen-bond acceptors (Lipinski definition) is 1. The lowest BCUT2D eigenvalue weighted by atomic mass is 9.73. The first kappa shape index (κ1) is 10.7. The van der Waals surface area contributed by atoms with Crippen LogP contribution in [0.1, 0.15) is 44.1 Å². The van der Waals surface area contributed by atoms with E-state index in [0.717, 1.165) is 0 Å². The Hall–Kier alpha value is -0.820. The molecular weight excluding hydrogens is 182 g/mol. The van der Waals surface area contributed by atoms with Crippen LogP contribution in [0.3, 0.4) is 0 Å². The zero-order valence-electron chi connectivity index (χ0n) is 9.52. The van der Waals surface area contributed by atoms with Crippen LogP contribution in [0.15, 0.2) is 30.3 Å². The van der Waals surface area contributed by atoms with E-state index in [1.807, 2.05) is 0 Å². The minimum Gasteiger partial charge on any atom is -0.328 e. The van der Waals surface area contributed by atoms with Crippen molar-refractivity contribution in [2.75, 3.05) is 0 Å². The molecule has 15 heavy (non-hydrogen) atoms. The monoisotopic (exact) mass is 203 g/mol. The van der Waals surface area contributed by atoms with Gasteiger partial charge in [0.05, 0.1) is 0 Å². The van der Waals surface area contributed by atoms with Gasteiger partial charge in [0.15, 0.2) is 0 Å². The Morgan fingerprint density at radius 1 is 1.13 bits per heavy atom. The van der Waals surface area contributed by atoms with E-state index in [9.17, 15) is 0 Å². The molecule has 1 aromatic carbocycles. The molecule has 3 unspecified atom stereocenters. The molecular formula is C14H21N. The third-order valence-electron chi connectivity index (χ3n) is 3.72. The van der Waals surface area contributed by atoms with Gasteiger partial charge in [-0.2, -0.15) is 0 Å². The first-order valence-electron chi connectivity index (χ1n) is 6.09. The van der Waals surface area contributed by atoms with Crippen molar-refractivity contribution in [2.45, 2.75) is 44.6 Å². The minimum atomic E-state index is 0.329. The molecule has 1 aliphatic rings. The lowest BCUT2D eigenvalue weighted by Crippen LogP contribution is -2.33. The largest absolute Gasteiger partial charge is 0.328 e. The van der Waals surface area contributed by atoms with Crippen molar-refractivity contribution in [1.29, 1.82) is 0 Å². The summed E-state index contributed by atoms with van der Waals surface area (Å²) in [7, 11) is 0. The molecule has 0 saturated heterocycles. The average Bonchev–Trinajstić information content (AvgIpc) is 2.30. The van der Waals surface area contributed by atoms with E-state index in [-0.39, 0.29) is 0 Å². The molecule has 0 aromatic heterocycles. The second-order valence-electron chi connectivity index (χ2n) is 4.82. The standard InChI is InChI=1S/C14H21N/c1-11(15)13-9-5-6-10-14(13)12-7-3-2-4-8-12/h2-4,7-8,11,13-14H,5-6,9-10,15H2,1H3. The van der Waals surface area contributed by atoms with Crippen molar-refractivity contribution < 1.29 is 0 Å². The van der Waals surface area contributed by atoms with Gasteiger partial charge in [0.25, 0.3) is 0 Å². The fourth-order valence-electron chi connectivity index (χ4n) is 2.90. The predicted octanol–water partition coefficient (Wildman–Crippen LogP) is 3.31. The first-order chi connectivity index (χ1) is 7.29. The summed E-state index contributed by atoms with van der Waals surface area (Å²) in [6.07, 6.45) is 5.34. The summed E-state index contributed by atoms with van der Waals surface area (Å²) in [5.41, 5.74) is 7.58. The van der Waals surface area contributed by atoms with E-state index < -0.39 is 0 Å². The second kappa shape index (κ2) is 4.80. The van der Waals surface area contributed by atoms with Gasteiger partial charge in [0.2, 0.25) is 0 Å². The van der Waals surface area contributed by atoms with Crippen molar-refractivity contribution in [1.82, 2.24) is 0 Å². The minimum absolute atomic E-state index is 0.329. The van der Waals surface area contributed by atoms with Crippen LogP contribution in [0, 0.1) is 5.92 Å². The van der Waals surface area contributed by atoms with Crippen LogP contribution in [0.4, 0.5) is 0 Å². The molecule has 3 atom stereocenters. The molecule has 1 aliphatic carbocycles. The van der Waals surface area contributed by atoms with Gasteiger partial charge >= 0.3 is 0 Å². The maximum atomic E-state index is 6.09. The lowest BCUT2D eigenvalue weighted by molar-refractivity contribution is 0.271. The SMILES string of the molecule is CC(N)C1CCCCC1c1ccccc1. The zero-order valence-corrected chi connectivity index (χ0v) is 9.52. The molecule has 0 spiro atoms. The van der Waals surface area contributed by atoms with E-state index in [2.05, 4.69) is 37.3 Å². The second-order valence-corrected chi connectivity index (χ2v) is 4.82. The summed E-state index contributed by atoms with van der Waals surface area (Å²) in [5, 5.41) is 0. The summed E-state index contributed by atoms with van der Waals surface area (Å²) in [6, 6.07) is 11.2. The fourth-order valence-corrected chi connectivity index (χ4v) is 2.90. The molecule has 1 fully saturated rings. The molecule has 82 valence electrons. The van der Waals surface area contributed by atoms with E-state index in [1.54, 1.807) is 0 Å². The highest BCUT2D eigenvalue weighted by atomic mass is 14.6. The summed E-state index contributed by atoms with van der Waals surface area (Å²) in [6.45, 7) is 2.16. The highest BCUT2D eigenvalue weighted by Crippen LogP contribution is 2.38. The van der Waals surface area contributed by atoms with Gasteiger partial charge < -0.3 is 5.73 Å². The third-order valence-corrected chi connectivity index (χ3v) is 3.72. The van der Waals surface area contributed by atoms with Crippen molar-refractivity contribution in [3.8, 4) is 0 Å². The van der Waals surface area contributed by atoms with Crippen LogP contribution in [-0.4, -0.2) is 6.04 Å². The van der Waals surface area contributed by atoms with Crippen LogP contribution in [0.5, 0.6) is 0 Å². The molecule has 1 saturated carbocycles. The quantitative estimate of drug-likeness (QED) is 0.784. The van der Waals surface area contributed by atoms with E-state index in [4.69, 9.17) is 5.73 Å². The molecule has 0 bridgehead atoms. The van der Waals surface area contributed by atoms with Gasteiger partial charge in [0.1, 0.15) is 0 Å². The van der Waals surface area contributed by atoms with Crippen molar-refractivity contribution >= 4 is 0 Å². The molecule has 1 aromatic rings. The van der Waals surface area contributed by atoms with Crippen LogP contribution in [0.25, 0.3) is 0 Å². The number of hydrogen-bond donors (Lipinski definition) is 1. The summed E-state index contributed by atoms with van der Waals surface area (Å²) < 4.78 is 0. The normalized spacial score (nSPS) is 28.7. The average molecular weight is 203 g/mol. The van der Waals surface area contributed by atoms with Gasteiger partial charge in [0, 0.05) is 6.04 Å². The Morgan fingerprint density at radius 3 is 2.47 bits per heavy atom. The highest BCUT2D eigenvalue weighted by Gasteiger charge is 2.28. The number of rotatable bonds is 2. The van der Waals surface area contributed by atoms with Crippen LogP contribution in [-0.2, 0) is 0 Å². The molecule has 0 aliphatic heterocycles. The Bertz CT molecular complexity index is 291. The zero-order chi connectivity index (χ0) is 10.7. The van der Waals surface area contributed by atoms with Crippen molar-refractivity contribution in [3.63, 3.8) is 0 Å². The van der Waals surface area contributed by atoms with Crippen LogP contribution < -0.4 is 5.73 Å². The summed E-state index contributed by atoms with van der Waals surface area (Å²) >= 11 is 0. The Kier molecular flexibility index (Phi) is 3.42. The van der Waals surface area contributed by atoms with Crippen LogP contribution >= 0.6 is 0 Å². The van der Waals surface area contributed by atoms with Gasteiger partial charge in [-0.05, 0) is 37.2 Å². The molecule has 2 N–H and O–H groups in total. The Balaban J connectivity index is 2.18. The highest BCUT2D eigenvalue weighted by molar-refractivity contribution is 5.21.